The van der Waals surface area contributed by atoms with Crippen LogP contribution in [0.25, 0.3) is 0 Å². The van der Waals surface area contributed by atoms with Crippen molar-refractivity contribution in [1.82, 2.24) is 0 Å². The van der Waals surface area contributed by atoms with Crippen LogP contribution in [0.4, 0.5) is 17.6 Å². The number of nitriles is 1. The molecule has 0 spiro atoms. The molecule has 0 atom stereocenters. The van der Waals surface area contributed by atoms with Crippen molar-refractivity contribution >= 4 is 0 Å². The molecule has 1 aromatic rings. The first-order valence-electron chi connectivity index (χ1n) is 8.64. The predicted octanol–water partition coefficient (Wildman–Crippen LogP) is 6.26. The monoisotopic (exact) mass is 367 g/mol. The molecule has 1 aliphatic rings. The third-order valence-corrected chi connectivity index (χ3v) is 4.62. The second kappa shape index (κ2) is 9.42. The topological polar surface area (TPSA) is 33.0 Å². The Hall–Kier alpha value is -2.29. The van der Waals surface area contributed by atoms with E-state index in [1.165, 1.54) is 24.3 Å². The standard InChI is InChI=1S/C20H21F4NO/c21-18(14-25)3-1-2-15-4-6-16(7-5-15)8-9-17-10-12-19(13-11-17)26-20(22,23)24/h1-3,10-13,15-16H,4-9H2. The Labute approximate surface area is 150 Å². The van der Waals surface area contributed by atoms with Gasteiger partial charge in [-0.05, 0) is 74.1 Å². The van der Waals surface area contributed by atoms with Crippen LogP contribution in [0.3, 0.4) is 0 Å². The van der Waals surface area contributed by atoms with E-state index in [9.17, 15) is 17.6 Å². The molecule has 6 heteroatoms. The summed E-state index contributed by atoms with van der Waals surface area (Å²) in [6.45, 7) is 0. The van der Waals surface area contributed by atoms with Crippen molar-refractivity contribution < 1.29 is 22.3 Å². The van der Waals surface area contributed by atoms with E-state index >= 15 is 0 Å². The van der Waals surface area contributed by atoms with Crippen molar-refractivity contribution in [3.63, 3.8) is 0 Å². The summed E-state index contributed by atoms with van der Waals surface area (Å²) >= 11 is 0. The minimum atomic E-state index is -4.66. The zero-order chi connectivity index (χ0) is 19.0. The zero-order valence-electron chi connectivity index (χ0n) is 14.3. The molecule has 0 unspecified atom stereocenters. The summed E-state index contributed by atoms with van der Waals surface area (Å²) in [5.74, 6) is 0.0157. The molecule has 0 radical (unpaired) electrons. The van der Waals surface area contributed by atoms with Crippen LogP contribution in [0, 0.1) is 23.2 Å². The van der Waals surface area contributed by atoms with Gasteiger partial charge in [0, 0.05) is 0 Å². The van der Waals surface area contributed by atoms with Crippen LogP contribution in [0.5, 0.6) is 5.75 Å². The molecule has 2 rings (SSSR count). The quantitative estimate of drug-likeness (QED) is 0.338. The first-order chi connectivity index (χ1) is 12.4. The van der Waals surface area contributed by atoms with Gasteiger partial charge in [0.05, 0.1) is 0 Å². The molecule has 1 saturated carbocycles. The van der Waals surface area contributed by atoms with E-state index in [0.29, 0.717) is 11.8 Å². The minimum absolute atomic E-state index is 0.199. The number of aryl methyl sites for hydroxylation is 1. The van der Waals surface area contributed by atoms with Gasteiger partial charge in [0.2, 0.25) is 0 Å². The molecule has 0 saturated heterocycles. The summed E-state index contributed by atoms with van der Waals surface area (Å²) in [6.07, 6.45) is 6.11. The van der Waals surface area contributed by atoms with Crippen molar-refractivity contribution in [3.8, 4) is 11.8 Å². The lowest BCUT2D eigenvalue weighted by molar-refractivity contribution is -0.274. The highest BCUT2D eigenvalue weighted by Crippen LogP contribution is 2.32. The molecule has 0 N–H and O–H groups in total. The number of ether oxygens (including phenoxy) is 1. The molecule has 0 bridgehead atoms. The molecule has 0 aromatic heterocycles. The fraction of sp³-hybridized carbons (Fsp3) is 0.450. The van der Waals surface area contributed by atoms with Crippen molar-refractivity contribution in [3.05, 3.63) is 53.9 Å². The molecule has 26 heavy (non-hydrogen) atoms. The number of hydrogen-bond acceptors (Lipinski definition) is 2. The van der Waals surface area contributed by atoms with E-state index in [2.05, 4.69) is 4.74 Å². The summed E-state index contributed by atoms with van der Waals surface area (Å²) in [5.41, 5.74) is 0.999. The first-order valence-corrected chi connectivity index (χ1v) is 8.64. The first kappa shape index (κ1) is 20.0. The summed E-state index contributed by atoms with van der Waals surface area (Å²) in [4.78, 5) is 0. The van der Waals surface area contributed by atoms with Crippen LogP contribution in [-0.4, -0.2) is 6.36 Å². The van der Waals surface area contributed by atoms with Gasteiger partial charge in [-0.3, -0.25) is 0 Å². The van der Waals surface area contributed by atoms with E-state index in [4.69, 9.17) is 5.26 Å². The summed E-state index contributed by atoms with van der Waals surface area (Å²) in [7, 11) is 0. The van der Waals surface area contributed by atoms with E-state index in [1.807, 2.05) is 6.08 Å². The average Bonchev–Trinajstić information content (AvgIpc) is 2.61. The van der Waals surface area contributed by atoms with Gasteiger partial charge < -0.3 is 4.74 Å². The normalized spacial score (nSPS) is 21.6. The van der Waals surface area contributed by atoms with Crippen LogP contribution in [-0.2, 0) is 6.42 Å². The minimum Gasteiger partial charge on any atom is -0.406 e. The molecule has 0 amide bonds. The highest BCUT2D eigenvalue weighted by molar-refractivity contribution is 5.27. The third kappa shape index (κ3) is 7.30. The van der Waals surface area contributed by atoms with Crippen molar-refractivity contribution in [1.29, 1.82) is 5.26 Å². The summed E-state index contributed by atoms with van der Waals surface area (Å²) < 4.78 is 53.0. The van der Waals surface area contributed by atoms with E-state index < -0.39 is 12.2 Å². The second-order valence-electron chi connectivity index (χ2n) is 6.52. The molecular formula is C20H21F4NO. The van der Waals surface area contributed by atoms with Gasteiger partial charge in [-0.2, -0.15) is 9.65 Å². The number of rotatable bonds is 6. The number of hydrogen-bond donors (Lipinski definition) is 0. The Balaban J connectivity index is 1.72. The van der Waals surface area contributed by atoms with Gasteiger partial charge in [-0.25, -0.2) is 0 Å². The molecule has 0 heterocycles. The van der Waals surface area contributed by atoms with E-state index in [-0.39, 0.29) is 5.75 Å². The SMILES string of the molecule is N#CC(F)=CC=CC1CCC(CCc2ccc(OC(F)(F)F)cc2)CC1. The largest absolute Gasteiger partial charge is 0.573 e. The number of allylic oxidation sites excluding steroid dienone is 4. The Bertz CT molecular complexity index is 663. The fourth-order valence-electron chi connectivity index (χ4n) is 3.23. The fourth-order valence-corrected chi connectivity index (χ4v) is 3.23. The molecular weight excluding hydrogens is 346 g/mol. The van der Waals surface area contributed by atoms with Crippen LogP contribution < -0.4 is 4.74 Å². The molecule has 1 aliphatic carbocycles. The maximum Gasteiger partial charge on any atom is 0.573 e. The maximum atomic E-state index is 12.7. The Kier molecular flexibility index (Phi) is 7.26. The zero-order valence-corrected chi connectivity index (χ0v) is 14.3. The smallest absolute Gasteiger partial charge is 0.406 e. The van der Waals surface area contributed by atoms with Crippen LogP contribution in [0.1, 0.15) is 37.7 Å². The van der Waals surface area contributed by atoms with Gasteiger partial charge >= 0.3 is 6.36 Å². The van der Waals surface area contributed by atoms with Crippen LogP contribution >= 0.6 is 0 Å². The lowest BCUT2D eigenvalue weighted by Gasteiger charge is -2.26. The van der Waals surface area contributed by atoms with Gasteiger partial charge in [-0.1, -0.05) is 24.3 Å². The third-order valence-electron chi connectivity index (χ3n) is 4.62. The Morgan fingerprint density at radius 2 is 1.81 bits per heavy atom. The highest BCUT2D eigenvalue weighted by Gasteiger charge is 2.30. The van der Waals surface area contributed by atoms with E-state index in [0.717, 1.165) is 44.1 Å². The molecule has 0 aliphatic heterocycles. The van der Waals surface area contributed by atoms with Gasteiger partial charge in [0.25, 0.3) is 0 Å². The van der Waals surface area contributed by atoms with Crippen molar-refractivity contribution in [2.45, 2.75) is 44.9 Å². The number of halogens is 4. The second-order valence-corrected chi connectivity index (χ2v) is 6.52. The number of nitrogens with zero attached hydrogens (tertiary/aromatic N) is 1. The van der Waals surface area contributed by atoms with Gasteiger partial charge in [0.15, 0.2) is 5.83 Å². The Morgan fingerprint density at radius 1 is 1.15 bits per heavy atom. The highest BCUT2D eigenvalue weighted by atomic mass is 19.4. The van der Waals surface area contributed by atoms with Gasteiger partial charge in [-0.15, -0.1) is 13.2 Å². The van der Waals surface area contributed by atoms with E-state index in [1.54, 1.807) is 18.2 Å². The summed E-state index contributed by atoms with van der Waals surface area (Å²) in [5, 5.41) is 8.34. The maximum absolute atomic E-state index is 12.7. The Morgan fingerprint density at radius 3 is 2.38 bits per heavy atom. The average molecular weight is 367 g/mol. The molecule has 2 nitrogen and oxygen atoms in total. The predicted molar refractivity (Wildman–Crippen MR) is 90.8 cm³/mol. The molecule has 1 fully saturated rings. The summed E-state index contributed by atoms with van der Waals surface area (Å²) in [6, 6.07) is 7.47. The number of alkyl halides is 3. The lowest BCUT2D eigenvalue weighted by atomic mass is 9.79. The van der Waals surface area contributed by atoms with Crippen LogP contribution in [0.2, 0.25) is 0 Å². The van der Waals surface area contributed by atoms with Crippen LogP contribution in [0.15, 0.2) is 48.3 Å². The lowest BCUT2D eigenvalue weighted by Crippen LogP contribution is -2.17. The molecule has 1 aromatic carbocycles. The van der Waals surface area contributed by atoms with Crippen molar-refractivity contribution in [2.75, 3.05) is 0 Å². The molecule has 140 valence electrons. The van der Waals surface area contributed by atoms with Gasteiger partial charge in [0.1, 0.15) is 11.8 Å². The van der Waals surface area contributed by atoms with Crippen molar-refractivity contribution in [2.24, 2.45) is 11.8 Å². The number of benzene rings is 1.